The van der Waals surface area contributed by atoms with E-state index >= 15 is 0 Å². The van der Waals surface area contributed by atoms with Crippen molar-refractivity contribution in [1.82, 2.24) is 20.1 Å². The highest BCUT2D eigenvalue weighted by molar-refractivity contribution is 5.89. The van der Waals surface area contributed by atoms with Crippen molar-refractivity contribution in [2.24, 2.45) is 0 Å². The molecule has 0 atom stereocenters. The SMILES string of the molecule is Cc1cc(NC(=O)NCc2nnc3n2CCC3)ccc1F. The molecule has 2 amide bonds. The lowest BCUT2D eigenvalue weighted by Crippen LogP contribution is -2.29. The van der Waals surface area contributed by atoms with Crippen molar-refractivity contribution in [2.45, 2.75) is 32.9 Å². The van der Waals surface area contributed by atoms with Crippen LogP contribution in [0, 0.1) is 12.7 Å². The van der Waals surface area contributed by atoms with Gasteiger partial charge in [-0.05, 0) is 37.1 Å². The van der Waals surface area contributed by atoms with Gasteiger partial charge in [0.05, 0.1) is 6.54 Å². The minimum atomic E-state index is -0.351. The zero-order valence-electron chi connectivity index (χ0n) is 11.7. The largest absolute Gasteiger partial charge is 0.331 e. The zero-order chi connectivity index (χ0) is 14.8. The first-order valence-corrected chi connectivity index (χ1v) is 6.85. The summed E-state index contributed by atoms with van der Waals surface area (Å²) < 4.78 is 15.2. The number of rotatable bonds is 3. The molecule has 2 aromatic rings. The van der Waals surface area contributed by atoms with Crippen LogP contribution in [0.25, 0.3) is 0 Å². The molecular weight excluding hydrogens is 273 g/mol. The van der Waals surface area contributed by atoms with Crippen LogP contribution in [-0.2, 0) is 19.5 Å². The molecule has 0 saturated heterocycles. The Morgan fingerprint density at radius 1 is 1.43 bits per heavy atom. The van der Waals surface area contributed by atoms with Gasteiger partial charge < -0.3 is 15.2 Å². The van der Waals surface area contributed by atoms with Crippen molar-refractivity contribution in [3.8, 4) is 0 Å². The Balaban J connectivity index is 1.58. The van der Waals surface area contributed by atoms with E-state index in [0.717, 1.165) is 31.0 Å². The number of hydrogen-bond acceptors (Lipinski definition) is 3. The van der Waals surface area contributed by atoms with Crippen LogP contribution in [0.15, 0.2) is 18.2 Å². The Morgan fingerprint density at radius 2 is 2.29 bits per heavy atom. The Morgan fingerprint density at radius 3 is 3.10 bits per heavy atom. The first-order chi connectivity index (χ1) is 10.1. The Labute approximate surface area is 121 Å². The summed E-state index contributed by atoms with van der Waals surface area (Å²) in [6, 6.07) is 4.09. The number of aromatic nitrogens is 3. The summed E-state index contributed by atoms with van der Waals surface area (Å²) in [5, 5.41) is 13.5. The van der Waals surface area contributed by atoms with Crippen LogP contribution < -0.4 is 10.6 Å². The second-order valence-electron chi connectivity index (χ2n) is 5.06. The van der Waals surface area contributed by atoms with E-state index in [1.807, 2.05) is 4.57 Å². The number of fused-ring (bicyclic) bond motifs is 1. The van der Waals surface area contributed by atoms with Gasteiger partial charge >= 0.3 is 6.03 Å². The lowest BCUT2D eigenvalue weighted by atomic mass is 10.2. The van der Waals surface area contributed by atoms with Crippen molar-refractivity contribution in [2.75, 3.05) is 5.32 Å². The van der Waals surface area contributed by atoms with E-state index in [2.05, 4.69) is 20.8 Å². The van der Waals surface area contributed by atoms with Gasteiger partial charge in [0, 0.05) is 18.7 Å². The highest BCUT2D eigenvalue weighted by atomic mass is 19.1. The fraction of sp³-hybridized carbons (Fsp3) is 0.357. The molecule has 21 heavy (non-hydrogen) atoms. The smallest absolute Gasteiger partial charge is 0.319 e. The van der Waals surface area contributed by atoms with Gasteiger partial charge in [-0.15, -0.1) is 10.2 Å². The molecular formula is C14H16FN5O. The number of anilines is 1. The van der Waals surface area contributed by atoms with Gasteiger partial charge in [0.1, 0.15) is 11.6 Å². The van der Waals surface area contributed by atoms with E-state index in [1.165, 1.54) is 12.1 Å². The van der Waals surface area contributed by atoms with E-state index in [9.17, 15) is 9.18 Å². The average Bonchev–Trinajstić information content (AvgIpc) is 3.04. The van der Waals surface area contributed by atoms with Crippen molar-refractivity contribution >= 4 is 11.7 Å². The highest BCUT2D eigenvalue weighted by Crippen LogP contribution is 2.15. The number of halogens is 1. The van der Waals surface area contributed by atoms with Gasteiger partial charge in [-0.2, -0.15) is 0 Å². The summed E-state index contributed by atoms with van der Waals surface area (Å²) in [5.74, 6) is 1.44. The molecule has 0 unspecified atom stereocenters. The second-order valence-corrected chi connectivity index (χ2v) is 5.06. The standard InChI is InChI=1S/C14H16FN5O/c1-9-7-10(4-5-11(9)15)17-14(21)16-8-13-19-18-12-3-2-6-20(12)13/h4-5,7H,2-3,6,8H2,1H3,(H2,16,17,21). The normalized spacial score (nSPS) is 13.0. The summed E-state index contributed by atoms with van der Waals surface area (Å²) in [6.45, 7) is 2.87. The van der Waals surface area contributed by atoms with E-state index < -0.39 is 0 Å². The minimum Gasteiger partial charge on any atom is -0.331 e. The molecule has 0 saturated carbocycles. The van der Waals surface area contributed by atoms with Crippen LogP contribution in [0.2, 0.25) is 0 Å². The number of carbonyl (C=O) groups excluding carboxylic acids is 1. The van der Waals surface area contributed by atoms with Gasteiger partial charge in [-0.25, -0.2) is 9.18 Å². The maximum Gasteiger partial charge on any atom is 0.319 e. The monoisotopic (exact) mass is 289 g/mol. The van der Waals surface area contributed by atoms with Crippen molar-refractivity contribution in [3.63, 3.8) is 0 Å². The molecule has 0 fully saturated rings. The first-order valence-electron chi connectivity index (χ1n) is 6.85. The van der Waals surface area contributed by atoms with E-state index in [-0.39, 0.29) is 11.8 Å². The van der Waals surface area contributed by atoms with Crippen LogP contribution >= 0.6 is 0 Å². The third kappa shape index (κ3) is 2.86. The maximum atomic E-state index is 13.2. The number of carbonyl (C=O) groups is 1. The average molecular weight is 289 g/mol. The van der Waals surface area contributed by atoms with Crippen LogP contribution in [-0.4, -0.2) is 20.8 Å². The number of hydrogen-bond donors (Lipinski definition) is 2. The summed E-state index contributed by atoms with van der Waals surface area (Å²) in [5.41, 5.74) is 1.04. The molecule has 3 rings (SSSR count). The van der Waals surface area contributed by atoms with Gasteiger partial charge in [-0.1, -0.05) is 0 Å². The molecule has 0 bridgehead atoms. The summed E-state index contributed by atoms with van der Waals surface area (Å²) >= 11 is 0. The quantitative estimate of drug-likeness (QED) is 0.907. The van der Waals surface area contributed by atoms with E-state index in [0.29, 0.717) is 17.8 Å². The number of nitrogens with one attached hydrogen (secondary N) is 2. The van der Waals surface area contributed by atoms with Crippen LogP contribution in [0.1, 0.15) is 23.6 Å². The van der Waals surface area contributed by atoms with E-state index in [1.54, 1.807) is 13.0 Å². The molecule has 6 nitrogen and oxygen atoms in total. The number of aryl methyl sites for hydroxylation is 2. The van der Waals surface area contributed by atoms with Gasteiger partial charge in [-0.3, -0.25) is 0 Å². The van der Waals surface area contributed by atoms with Crippen molar-refractivity contribution in [3.05, 3.63) is 41.2 Å². The van der Waals surface area contributed by atoms with Gasteiger partial charge in [0.25, 0.3) is 0 Å². The molecule has 1 aliphatic heterocycles. The fourth-order valence-electron chi connectivity index (χ4n) is 2.40. The van der Waals surface area contributed by atoms with Gasteiger partial charge in [0.2, 0.25) is 0 Å². The van der Waals surface area contributed by atoms with E-state index in [4.69, 9.17) is 0 Å². The molecule has 1 aromatic carbocycles. The number of benzene rings is 1. The zero-order valence-corrected chi connectivity index (χ0v) is 11.7. The van der Waals surface area contributed by atoms with Gasteiger partial charge in [0.15, 0.2) is 5.82 Å². The number of urea groups is 1. The van der Waals surface area contributed by atoms with Crippen LogP contribution in [0.5, 0.6) is 0 Å². The predicted octanol–water partition coefficient (Wildman–Crippen LogP) is 1.99. The lowest BCUT2D eigenvalue weighted by Gasteiger charge is -2.08. The summed E-state index contributed by atoms with van der Waals surface area (Å²) in [4.78, 5) is 11.8. The lowest BCUT2D eigenvalue weighted by molar-refractivity contribution is 0.251. The predicted molar refractivity (Wildman–Crippen MR) is 75.3 cm³/mol. The molecule has 1 aliphatic rings. The molecule has 1 aromatic heterocycles. The van der Waals surface area contributed by atoms with Crippen LogP contribution in [0.4, 0.5) is 14.9 Å². The Bertz CT molecular complexity index is 682. The third-order valence-electron chi connectivity index (χ3n) is 3.51. The Hall–Kier alpha value is -2.44. The van der Waals surface area contributed by atoms with Crippen molar-refractivity contribution < 1.29 is 9.18 Å². The topological polar surface area (TPSA) is 71.8 Å². The second kappa shape index (κ2) is 5.51. The minimum absolute atomic E-state index is 0.292. The molecule has 2 heterocycles. The molecule has 0 radical (unpaired) electrons. The van der Waals surface area contributed by atoms with Crippen molar-refractivity contribution in [1.29, 1.82) is 0 Å². The summed E-state index contributed by atoms with van der Waals surface area (Å²) in [6.07, 6.45) is 2.01. The number of nitrogens with zero attached hydrogens (tertiary/aromatic N) is 3. The number of amides is 2. The molecule has 0 spiro atoms. The molecule has 7 heteroatoms. The molecule has 0 aliphatic carbocycles. The molecule has 2 N–H and O–H groups in total. The third-order valence-corrected chi connectivity index (χ3v) is 3.51. The maximum absolute atomic E-state index is 13.2. The Kier molecular flexibility index (Phi) is 3.55. The first kappa shape index (κ1) is 13.5. The summed E-state index contributed by atoms with van der Waals surface area (Å²) in [7, 11) is 0. The molecule has 110 valence electrons. The fourth-order valence-corrected chi connectivity index (χ4v) is 2.40. The van der Waals surface area contributed by atoms with Crippen LogP contribution in [0.3, 0.4) is 0 Å². The highest BCUT2D eigenvalue weighted by Gasteiger charge is 2.17.